The SMILES string of the molecule is CCOCCC(=O)N=Nc1c(O)n(C)c2ccccc12. The maximum absolute atomic E-state index is 11.5. The van der Waals surface area contributed by atoms with Crippen molar-refractivity contribution in [2.24, 2.45) is 17.3 Å². The first-order valence-corrected chi connectivity index (χ1v) is 6.43. The number of aromatic hydroxyl groups is 1. The van der Waals surface area contributed by atoms with E-state index in [1.165, 1.54) is 0 Å². The summed E-state index contributed by atoms with van der Waals surface area (Å²) in [5.74, 6) is -0.377. The van der Waals surface area contributed by atoms with Gasteiger partial charge in [0.2, 0.25) is 5.88 Å². The summed E-state index contributed by atoms with van der Waals surface area (Å²) in [6.45, 7) is 2.75. The van der Waals surface area contributed by atoms with E-state index in [9.17, 15) is 9.90 Å². The number of amides is 1. The van der Waals surface area contributed by atoms with Crippen molar-refractivity contribution in [2.45, 2.75) is 13.3 Å². The second-order valence-electron chi connectivity index (χ2n) is 4.29. The number of fused-ring (bicyclic) bond motifs is 1. The molecule has 0 atom stereocenters. The number of ether oxygens (including phenoxy) is 1. The zero-order chi connectivity index (χ0) is 14.5. The van der Waals surface area contributed by atoms with Gasteiger partial charge in [-0.3, -0.25) is 4.79 Å². The Morgan fingerprint density at radius 2 is 2.15 bits per heavy atom. The summed E-state index contributed by atoms with van der Waals surface area (Å²) in [6.07, 6.45) is 0.183. The molecular formula is C14H17N3O3. The highest BCUT2D eigenvalue weighted by Crippen LogP contribution is 2.37. The van der Waals surface area contributed by atoms with Crippen LogP contribution in [0.4, 0.5) is 5.69 Å². The van der Waals surface area contributed by atoms with E-state index >= 15 is 0 Å². The average molecular weight is 275 g/mol. The number of rotatable bonds is 5. The third-order valence-corrected chi connectivity index (χ3v) is 2.98. The van der Waals surface area contributed by atoms with Crippen LogP contribution in [0, 0.1) is 0 Å². The molecule has 0 saturated carbocycles. The summed E-state index contributed by atoms with van der Waals surface area (Å²) in [5.41, 5.74) is 1.15. The molecule has 1 aromatic heterocycles. The molecule has 1 N–H and O–H groups in total. The summed E-state index contributed by atoms with van der Waals surface area (Å²) in [4.78, 5) is 11.5. The maximum Gasteiger partial charge on any atom is 0.267 e. The van der Waals surface area contributed by atoms with Crippen LogP contribution in [0.2, 0.25) is 0 Å². The fourth-order valence-corrected chi connectivity index (χ4v) is 1.92. The minimum Gasteiger partial charge on any atom is -0.493 e. The van der Waals surface area contributed by atoms with Crippen LogP contribution < -0.4 is 0 Å². The molecule has 2 rings (SSSR count). The molecule has 0 aliphatic rings. The average Bonchev–Trinajstić information content (AvgIpc) is 2.70. The number of hydrogen-bond acceptors (Lipinski definition) is 4. The van der Waals surface area contributed by atoms with Crippen molar-refractivity contribution in [3.8, 4) is 5.88 Å². The van der Waals surface area contributed by atoms with Crippen LogP contribution in [0.3, 0.4) is 0 Å². The van der Waals surface area contributed by atoms with Gasteiger partial charge in [0.05, 0.1) is 18.5 Å². The first kappa shape index (κ1) is 14.2. The molecule has 0 aliphatic heterocycles. The largest absolute Gasteiger partial charge is 0.493 e. The summed E-state index contributed by atoms with van der Waals surface area (Å²) in [5, 5.41) is 18.3. The lowest BCUT2D eigenvalue weighted by atomic mass is 10.2. The minimum atomic E-state index is -0.370. The molecule has 0 radical (unpaired) electrons. The second kappa shape index (κ2) is 6.29. The summed E-state index contributed by atoms with van der Waals surface area (Å²) >= 11 is 0. The Morgan fingerprint density at radius 1 is 1.40 bits per heavy atom. The van der Waals surface area contributed by atoms with Crippen LogP contribution in [0.25, 0.3) is 10.9 Å². The van der Waals surface area contributed by atoms with Gasteiger partial charge in [-0.05, 0) is 13.0 Å². The molecule has 6 nitrogen and oxygen atoms in total. The summed E-state index contributed by atoms with van der Waals surface area (Å²) < 4.78 is 6.68. The van der Waals surface area contributed by atoms with Gasteiger partial charge in [0.25, 0.3) is 5.91 Å². The standard InChI is InChI=1S/C14H17N3O3/c1-3-20-9-8-12(18)15-16-13-10-6-4-5-7-11(10)17(2)14(13)19/h4-7,19H,3,8-9H2,1-2H3. The topological polar surface area (TPSA) is 76.2 Å². The fraction of sp³-hybridized carbons (Fsp3) is 0.357. The normalized spacial score (nSPS) is 11.5. The molecule has 20 heavy (non-hydrogen) atoms. The minimum absolute atomic E-state index is 0.00689. The van der Waals surface area contributed by atoms with Crippen molar-refractivity contribution in [2.75, 3.05) is 13.2 Å². The number of nitrogens with zero attached hydrogens (tertiary/aromatic N) is 3. The van der Waals surface area contributed by atoms with Crippen LogP contribution in [-0.4, -0.2) is 28.8 Å². The van der Waals surface area contributed by atoms with Crippen molar-refractivity contribution >= 4 is 22.5 Å². The molecular weight excluding hydrogens is 258 g/mol. The van der Waals surface area contributed by atoms with Gasteiger partial charge < -0.3 is 14.4 Å². The lowest BCUT2D eigenvalue weighted by Crippen LogP contribution is -2.00. The lowest BCUT2D eigenvalue weighted by Gasteiger charge is -1.96. The van der Waals surface area contributed by atoms with E-state index in [2.05, 4.69) is 10.2 Å². The number of aryl methyl sites for hydroxylation is 1. The molecule has 0 fully saturated rings. The molecule has 1 heterocycles. The zero-order valence-corrected chi connectivity index (χ0v) is 11.5. The van der Waals surface area contributed by atoms with Gasteiger partial charge >= 0.3 is 0 Å². The van der Waals surface area contributed by atoms with E-state index in [-0.39, 0.29) is 18.2 Å². The predicted molar refractivity (Wildman–Crippen MR) is 75.2 cm³/mol. The monoisotopic (exact) mass is 275 g/mol. The molecule has 0 bridgehead atoms. The maximum atomic E-state index is 11.5. The smallest absolute Gasteiger partial charge is 0.267 e. The Hall–Kier alpha value is -2.21. The van der Waals surface area contributed by atoms with E-state index in [4.69, 9.17) is 4.74 Å². The molecule has 6 heteroatoms. The third kappa shape index (κ3) is 2.85. The van der Waals surface area contributed by atoms with Gasteiger partial charge in [-0.15, -0.1) is 10.2 Å². The van der Waals surface area contributed by atoms with Gasteiger partial charge in [-0.2, -0.15) is 0 Å². The van der Waals surface area contributed by atoms with E-state index in [0.29, 0.717) is 18.9 Å². The highest BCUT2D eigenvalue weighted by Gasteiger charge is 2.13. The van der Waals surface area contributed by atoms with Crippen molar-refractivity contribution in [3.05, 3.63) is 24.3 Å². The molecule has 106 valence electrons. The molecule has 1 amide bonds. The van der Waals surface area contributed by atoms with Gasteiger partial charge in [-0.25, -0.2) is 0 Å². The van der Waals surface area contributed by atoms with Crippen LogP contribution in [-0.2, 0) is 16.6 Å². The van der Waals surface area contributed by atoms with E-state index in [1.54, 1.807) is 11.6 Å². The number of azo groups is 1. The Balaban J connectivity index is 2.21. The summed E-state index contributed by atoms with van der Waals surface area (Å²) in [6, 6.07) is 7.41. The Morgan fingerprint density at radius 3 is 2.90 bits per heavy atom. The molecule has 1 aromatic carbocycles. The number of para-hydroxylation sites is 1. The van der Waals surface area contributed by atoms with Crippen LogP contribution in [0.15, 0.2) is 34.5 Å². The van der Waals surface area contributed by atoms with Crippen LogP contribution >= 0.6 is 0 Å². The van der Waals surface area contributed by atoms with Gasteiger partial charge in [0.15, 0.2) is 5.69 Å². The van der Waals surface area contributed by atoms with E-state index in [0.717, 1.165) is 10.9 Å². The van der Waals surface area contributed by atoms with E-state index < -0.39 is 0 Å². The van der Waals surface area contributed by atoms with Gasteiger partial charge in [0.1, 0.15) is 0 Å². The fourth-order valence-electron chi connectivity index (χ4n) is 1.92. The predicted octanol–water partition coefficient (Wildman–Crippen LogP) is 2.92. The van der Waals surface area contributed by atoms with Crippen molar-refractivity contribution in [3.63, 3.8) is 0 Å². The highest BCUT2D eigenvalue weighted by molar-refractivity contribution is 5.95. The zero-order valence-electron chi connectivity index (χ0n) is 11.5. The Bertz CT molecular complexity index is 646. The number of aromatic nitrogens is 1. The Kier molecular flexibility index (Phi) is 4.47. The molecule has 0 spiro atoms. The van der Waals surface area contributed by atoms with Crippen LogP contribution in [0.5, 0.6) is 5.88 Å². The molecule has 0 saturated heterocycles. The number of carbonyl (C=O) groups is 1. The van der Waals surface area contributed by atoms with Gasteiger partial charge in [-0.1, -0.05) is 18.2 Å². The second-order valence-corrected chi connectivity index (χ2v) is 4.29. The lowest BCUT2D eigenvalue weighted by molar-refractivity contribution is -0.119. The third-order valence-electron chi connectivity index (χ3n) is 2.98. The molecule has 0 aliphatic carbocycles. The van der Waals surface area contributed by atoms with E-state index in [1.807, 2.05) is 31.2 Å². The highest BCUT2D eigenvalue weighted by atomic mass is 16.5. The summed E-state index contributed by atoms with van der Waals surface area (Å²) in [7, 11) is 1.73. The van der Waals surface area contributed by atoms with Crippen molar-refractivity contribution in [1.82, 2.24) is 4.57 Å². The first-order valence-electron chi connectivity index (χ1n) is 6.43. The number of hydrogen-bond donors (Lipinski definition) is 1. The quantitative estimate of drug-likeness (QED) is 0.673. The van der Waals surface area contributed by atoms with Crippen molar-refractivity contribution in [1.29, 1.82) is 0 Å². The Labute approximate surface area is 116 Å². The number of benzene rings is 1. The van der Waals surface area contributed by atoms with Gasteiger partial charge in [0, 0.05) is 19.0 Å². The molecule has 0 unspecified atom stereocenters. The number of carbonyl (C=O) groups excluding carboxylic acids is 1. The van der Waals surface area contributed by atoms with Crippen molar-refractivity contribution < 1.29 is 14.6 Å². The molecule has 2 aromatic rings. The van der Waals surface area contributed by atoms with Crippen LogP contribution in [0.1, 0.15) is 13.3 Å². The first-order chi connectivity index (χ1) is 9.65.